The van der Waals surface area contributed by atoms with Gasteiger partial charge in [0.25, 0.3) is 0 Å². The largest absolute Gasteiger partial charge is 0.491 e. The van der Waals surface area contributed by atoms with Crippen molar-refractivity contribution in [3.05, 3.63) is 32.2 Å². The van der Waals surface area contributed by atoms with Gasteiger partial charge in [0, 0.05) is 11.4 Å². The molecule has 1 aromatic carbocycles. The molecule has 0 aliphatic rings. The van der Waals surface area contributed by atoms with E-state index in [0.29, 0.717) is 23.1 Å². The van der Waals surface area contributed by atoms with Crippen LogP contribution in [0, 0.1) is 0 Å². The second-order valence-electron chi connectivity index (χ2n) is 3.41. The normalized spacial score (nSPS) is 10.2. The average molecular weight is 453 g/mol. The number of rotatable bonds is 7. The lowest BCUT2D eigenvalue weighted by Gasteiger charge is -2.12. The summed E-state index contributed by atoms with van der Waals surface area (Å²) in [7, 11) is 0. The van der Waals surface area contributed by atoms with Gasteiger partial charge in [0.15, 0.2) is 5.75 Å². The van der Waals surface area contributed by atoms with Crippen LogP contribution >= 0.6 is 66.7 Å². The first-order chi connectivity index (χ1) is 9.04. The predicted molar refractivity (Wildman–Crippen MR) is 88.3 cm³/mol. The Bertz CT molecular complexity index is 426. The molecule has 0 radical (unpaired) electrons. The third-order valence-corrected chi connectivity index (χ3v) is 3.72. The van der Waals surface area contributed by atoms with E-state index in [0.717, 1.165) is 16.2 Å². The summed E-state index contributed by atoms with van der Waals surface area (Å²) in [5.41, 5.74) is 0. The average Bonchev–Trinajstić information content (AvgIpc) is 2.32. The smallest absolute Gasteiger partial charge is 0.152 e. The highest BCUT2D eigenvalue weighted by atomic mass is 79.9. The van der Waals surface area contributed by atoms with Crippen molar-refractivity contribution >= 4 is 66.7 Å². The number of ether oxygens (including phenoxy) is 2. The molecule has 0 spiro atoms. The summed E-state index contributed by atoms with van der Waals surface area (Å²) in [6.45, 7) is 0.864. The first kappa shape index (κ1) is 17.4. The molecule has 0 aromatic heterocycles. The van der Waals surface area contributed by atoms with E-state index in [4.69, 9.17) is 44.3 Å². The molecule has 0 fully saturated rings. The second-order valence-corrected chi connectivity index (χ2v) is 6.47. The highest BCUT2D eigenvalue weighted by molar-refractivity contribution is 9.10. The summed E-state index contributed by atoms with van der Waals surface area (Å²) in [4.78, 5) is 0. The molecular weight excluding hydrogens is 442 g/mol. The van der Waals surface area contributed by atoms with Gasteiger partial charge in [-0.3, -0.25) is 0 Å². The Balaban J connectivity index is 2.70. The van der Waals surface area contributed by atoms with Crippen molar-refractivity contribution in [3.8, 4) is 11.5 Å². The van der Waals surface area contributed by atoms with E-state index in [2.05, 4.69) is 31.9 Å². The van der Waals surface area contributed by atoms with Crippen LogP contribution in [0.2, 0.25) is 5.02 Å². The van der Waals surface area contributed by atoms with Crippen LogP contribution in [-0.2, 0) is 0 Å². The van der Waals surface area contributed by atoms with Gasteiger partial charge < -0.3 is 9.47 Å². The standard InChI is InChI=1S/C12H11Br2Cl3O2/c13-3-1-4-19-12-9(14)6-8(7-10(12)15)18-5-2-11(16)17/h2,6-7H,1,3-5H2. The molecular formula is C12H11Br2Cl3O2. The third-order valence-electron chi connectivity index (χ3n) is 1.98. The lowest BCUT2D eigenvalue weighted by atomic mass is 10.3. The molecule has 19 heavy (non-hydrogen) atoms. The summed E-state index contributed by atoms with van der Waals surface area (Å²) in [5, 5.41) is 1.37. The SMILES string of the molecule is ClC(Cl)=CCOc1cc(Cl)c(OCCCBr)c(Br)c1. The van der Waals surface area contributed by atoms with Crippen LogP contribution in [0.5, 0.6) is 11.5 Å². The second kappa shape index (κ2) is 9.35. The highest BCUT2D eigenvalue weighted by Gasteiger charge is 2.10. The van der Waals surface area contributed by atoms with Crippen LogP contribution in [0.1, 0.15) is 6.42 Å². The Hall–Kier alpha value is 0.390. The molecule has 0 heterocycles. The molecule has 0 saturated carbocycles. The van der Waals surface area contributed by atoms with Crippen molar-refractivity contribution in [2.75, 3.05) is 18.5 Å². The molecule has 0 aliphatic heterocycles. The van der Waals surface area contributed by atoms with Gasteiger partial charge in [-0.25, -0.2) is 0 Å². The molecule has 0 aliphatic carbocycles. The van der Waals surface area contributed by atoms with Gasteiger partial charge in [-0.05, 0) is 34.5 Å². The zero-order chi connectivity index (χ0) is 14.3. The number of benzene rings is 1. The van der Waals surface area contributed by atoms with Crippen LogP contribution in [0.15, 0.2) is 27.2 Å². The number of hydrogen-bond donors (Lipinski definition) is 0. The van der Waals surface area contributed by atoms with Crippen molar-refractivity contribution in [1.82, 2.24) is 0 Å². The minimum atomic E-state index is 0.167. The fourth-order valence-corrected chi connectivity index (χ4v) is 2.47. The molecule has 0 amide bonds. The lowest BCUT2D eigenvalue weighted by Crippen LogP contribution is -2.00. The van der Waals surface area contributed by atoms with E-state index in [-0.39, 0.29) is 11.1 Å². The number of hydrogen-bond acceptors (Lipinski definition) is 2. The van der Waals surface area contributed by atoms with Gasteiger partial charge in [0.05, 0.1) is 16.1 Å². The van der Waals surface area contributed by atoms with Gasteiger partial charge >= 0.3 is 0 Å². The van der Waals surface area contributed by atoms with Crippen LogP contribution in [0.3, 0.4) is 0 Å². The zero-order valence-corrected chi connectivity index (χ0v) is 15.2. The summed E-state index contributed by atoms with van der Waals surface area (Å²) < 4.78 is 11.9. The predicted octanol–water partition coefficient (Wildman–Crippen LogP) is 5.96. The van der Waals surface area contributed by atoms with Crippen molar-refractivity contribution < 1.29 is 9.47 Å². The maximum absolute atomic E-state index is 6.14. The maximum atomic E-state index is 6.14. The first-order valence-electron chi connectivity index (χ1n) is 5.36. The molecule has 1 aromatic rings. The molecule has 7 heteroatoms. The van der Waals surface area contributed by atoms with E-state index in [1.807, 2.05) is 0 Å². The number of halogens is 5. The molecule has 0 bridgehead atoms. The quantitative estimate of drug-likeness (QED) is 0.375. The molecule has 0 atom stereocenters. The molecule has 0 N–H and O–H groups in total. The summed E-state index contributed by atoms with van der Waals surface area (Å²) >= 11 is 23.9. The van der Waals surface area contributed by atoms with Crippen molar-refractivity contribution in [3.63, 3.8) is 0 Å². The van der Waals surface area contributed by atoms with Gasteiger partial charge in [0.2, 0.25) is 0 Å². The van der Waals surface area contributed by atoms with Crippen molar-refractivity contribution in [2.24, 2.45) is 0 Å². The fraction of sp³-hybridized carbons (Fsp3) is 0.333. The van der Waals surface area contributed by atoms with Gasteiger partial charge in [0.1, 0.15) is 16.8 Å². The van der Waals surface area contributed by atoms with Gasteiger partial charge in [-0.15, -0.1) is 0 Å². The zero-order valence-electron chi connectivity index (χ0n) is 9.77. The summed E-state index contributed by atoms with van der Waals surface area (Å²) in [6, 6.07) is 3.47. The van der Waals surface area contributed by atoms with E-state index in [9.17, 15) is 0 Å². The Kier molecular flexibility index (Phi) is 8.58. The summed E-state index contributed by atoms with van der Waals surface area (Å²) in [6.07, 6.45) is 2.45. The van der Waals surface area contributed by atoms with E-state index in [1.54, 1.807) is 18.2 Å². The topological polar surface area (TPSA) is 18.5 Å². The van der Waals surface area contributed by atoms with Gasteiger partial charge in [-0.1, -0.05) is 50.7 Å². The molecule has 1 rings (SSSR count). The Morgan fingerprint density at radius 1 is 1.26 bits per heavy atom. The highest BCUT2D eigenvalue weighted by Crippen LogP contribution is 2.37. The molecule has 2 nitrogen and oxygen atoms in total. The summed E-state index contributed by atoms with van der Waals surface area (Å²) in [5.74, 6) is 1.22. The third kappa shape index (κ3) is 6.58. The van der Waals surface area contributed by atoms with Crippen LogP contribution in [0.4, 0.5) is 0 Å². The van der Waals surface area contributed by atoms with E-state index < -0.39 is 0 Å². The molecule has 0 saturated heterocycles. The van der Waals surface area contributed by atoms with Gasteiger partial charge in [-0.2, -0.15) is 0 Å². The van der Waals surface area contributed by atoms with E-state index in [1.165, 1.54) is 0 Å². The first-order valence-corrected chi connectivity index (χ1v) is 8.41. The van der Waals surface area contributed by atoms with Crippen molar-refractivity contribution in [2.45, 2.75) is 6.42 Å². The monoisotopic (exact) mass is 450 g/mol. The molecule has 106 valence electrons. The minimum absolute atomic E-state index is 0.167. The molecule has 0 unspecified atom stereocenters. The fourth-order valence-electron chi connectivity index (χ4n) is 1.19. The maximum Gasteiger partial charge on any atom is 0.152 e. The minimum Gasteiger partial charge on any atom is -0.491 e. The van der Waals surface area contributed by atoms with Crippen molar-refractivity contribution in [1.29, 1.82) is 0 Å². The number of alkyl halides is 1. The Morgan fingerprint density at radius 2 is 2.00 bits per heavy atom. The lowest BCUT2D eigenvalue weighted by molar-refractivity contribution is 0.315. The van der Waals surface area contributed by atoms with E-state index >= 15 is 0 Å². The van der Waals surface area contributed by atoms with Crippen LogP contribution in [0.25, 0.3) is 0 Å². The Labute approximate surface area is 144 Å². The van der Waals surface area contributed by atoms with Crippen LogP contribution < -0.4 is 9.47 Å². The Morgan fingerprint density at radius 3 is 2.58 bits per heavy atom. The van der Waals surface area contributed by atoms with Crippen LogP contribution in [-0.4, -0.2) is 18.5 Å².